The van der Waals surface area contributed by atoms with Crippen molar-refractivity contribution in [2.75, 3.05) is 13.2 Å². The van der Waals surface area contributed by atoms with Gasteiger partial charge >= 0.3 is 17.9 Å². The summed E-state index contributed by atoms with van der Waals surface area (Å²) in [4.78, 5) is 37.9. The summed E-state index contributed by atoms with van der Waals surface area (Å²) in [6.07, 6.45) is 46.6. The van der Waals surface area contributed by atoms with Gasteiger partial charge in [0.1, 0.15) is 13.2 Å². The Morgan fingerprint density at radius 1 is 0.351 bits per heavy atom. The van der Waals surface area contributed by atoms with Crippen LogP contribution in [0.3, 0.4) is 0 Å². The molecule has 0 fully saturated rings. The van der Waals surface area contributed by atoms with Crippen LogP contribution >= 0.6 is 0 Å². The zero-order chi connectivity index (χ0) is 41.7. The van der Waals surface area contributed by atoms with Gasteiger partial charge in [0.15, 0.2) is 6.10 Å². The standard InChI is InChI=1S/C51H98O6/c1-5-8-10-12-14-16-18-20-21-22-24-26-28-30-35-39-43-50(53)56-46-48(57-51(54)44-40-36-32-31-33-37-41-47(4)7-3)45-55-49(52)42-38-34-29-27-25-23-19-17-15-13-11-9-6-2/h47-48H,5-46H2,1-4H3/t47?,48-/m1/s1. The lowest BCUT2D eigenvalue weighted by molar-refractivity contribution is -0.167. The third-order valence-corrected chi connectivity index (χ3v) is 11.9. The van der Waals surface area contributed by atoms with Crippen LogP contribution in [0.2, 0.25) is 0 Å². The second-order valence-corrected chi connectivity index (χ2v) is 17.7. The molecule has 0 aliphatic carbocycles. The summed E-state index contributed by atoms with van der Waals surface area (Å²) in [7, 11) is 0. The molecule has 0 aliphatic rings. The molecular formula is C51H98O6. The number of hydrogen-bond donors (Lipinski definition) is 0. The van der Waals surface area contributed by atoms with E-state index in [2.05, 4.69) is 27.7 Å². The van der Waals surface area contributed by atoms with Crippen LogP contribution in [0.5, 0.6) is 0 Å². The maximum absolute atomic E-state index is 12.7. The van der Waals surface area contributed by atoms with Gasteiger partial charge in [-0.3, -0.25) is 14.4 Å². The fraction of sp³-hybridized carbons (Fsp3) is 0.941. The maximum atomic E-state index is 12.7. The average molecular weight is 807 g/mol. The molecule has 338 valence electrons. The van der Waals surface area contributed by atoms with E-state index in [0.29, 0.717) is 19.3 Å². The molecular weight excluding hydrogens is 709 g/mol. The third kappa shape index (κ3) is 43.8. The summed E-state index contributed by atoms with van der Waals surface area (Å²) < 4.78 is 16.8. The second kappa shape index (κ2) is 45.5. The van der Waals surface area contributed by atoms with Crippen molar-refractivity contribution in [1.29, 1.82) is 0 Å². The fourth-order valence-electron chi connectivity index (χ4n) is 7.66. The molecule has 0 amide bonds. The van der Waals surface area contributed by atoms with E-state index in [0.717, 1.165) is 63.7 Å². The zero-order valence-electron chi connectivity index (χ0n) is 38.8. The number of carbonyl (C=O) groups excluding carboxylic acids is 3. The van der Waals surface area contributed by atoms with Gasteiger partial charge in [-0.15, -0.1) is 0 Å². The molecule has 6 heteroatoms. The normalized spacial score (nSPS) is 12.4. The number of unbranched alkanes of at least 4 members (excludes halogenated alkanes) is 32. The van der Waals surface area contributed by atoms with Gasteiger partial charge in [-0.25, -0.2) is 0 Å². The van der Waals surface area contributed by atoms with E-state index in [1.165, 1.54) is 180 Å². The Bertz CT molecular complexity index is 859. The molecule has 6 nitrogen and oxygen atoms in total. The zero-order valence-corrected chi connectivity index (χ0v) is 38.8. The molecule has 0 radical (unpaired) electrons. The molecule has 0 saturated carbocycles. The summed E-state index contributed by atoms with van der Waals surface area (Å²) in [6.45, 7) is 8.99. The minimum atomic E-state index is -0.761. The highest BCUT2D eigenvalue weighted by Gasteiger charge is 2.19. The molecule has 0 heterocycles. The van der Waals surface area contributed by atoms with Gasteiger partial charge in [-0.1, -0.05) is 246 Å². The van der Waals surface area contributed by atoms with Crippen LogP contribution in [0.1, 0.15) is 285 Å². The molecule has 1 unspecified atom stereocenters. The molecule has 0 rings (SSSR count). The van der Waals surface area contributed by atoms with Crippen molar-refractivity contribution in [3.05, 3.63) is 0 Å². The highest BCUT2D eigenvalue weighted by Crippen LogP contribution is 2.17. The highest BCUT2D eigenvalue weighted by molar-refractivity contribution is 5.71. The summed E-state index contributed by atoms with van der Waals surface area (Å²) in [5, 5.41) is 0. The first-order valence-corrected chi connectivity index (χ1v) is 25.4. The minimum Gasteiger partial charge on any atom is -0.462 e. The monoisotopic (exact) mass is 807 g/mol. The Morgan fingerprint density at radius 3 is 0.912 bits per heavy atom. The first-order chi connectivity index (χ1) is 27.9. The van der Waals surface area contributed by atoms with Gasteiger partial charge in [0, 0.05) is 19.3 Å². The van der Waals surface area contributed by atoms with Crippen LogP contribution in [0.4, 0.5) is 0 Å². The van der Waals surface area contributed by atoms with E-state index >= 15 is 0 Å². The fourth-order valence-corrected chi connectivity index (χ4v) is 7.66. The molecule has 2 atom stereocenters. The molecule has 0 aromatic rings. The van der Waals surface area contributed by atoms with Crippen molar-refractivity contribution in [2.45, 2.75) is 291 Å². The van der Waals surface area contributed by atoms with Crippen molar-refractivity contribution < 1.29 is 28.6 Å². The van der Waals surface area contributed by atoms with Crippen molar-refractivity contribution >= 4 is 17.9 Å². The molecule has 0 aliphatic heterocycles. The lowest BCUT2D eigenvalue weighted by Gasteiger charge is -2.18. The Balaban J connectivity index is 4.27. The van der Waals surface area contributed by atoms with Crippen LogP contribution < -0.4 is 0 Å². The van der Waals surface area contributed by atoms with E-state index in [1.54, 1.807) is 0 Å². The number of rotatable bonds is 46. The smallest absolute Gasteiger partial charge is 0.306 e. The SMILES string of the molecule is CCCCCCCCCCCCCCCCCCC(=O)OC[C@@H](COC(=O)CCCCCCCCCCCCCCC)OC(=O)CCCCCCCCC(C)CC. The van der Waals surface area contributed by atoms with Crippen LogP contribution in [-0.2, 0) is 28.6 Å². The first kappa shape index (κ1) is 55.4. The Labute approximate surface area is 355 Å². The minimum absolute atomic E-state index is 0.0639. The predicted molar refractivity (Wildman–Crippen MR) is 243 cm³/mol. The van der Waals surface area contributed by atoms with E-state index in [1.807, 2.05) is 0 Å². The summed E-state index contributed by atoms with van der Waals surface area (Å²) in [6, 6.07) is 0. The second-order valence-electron chi connectivity index (χ2n) is 17.7. The van der Waals surface area contributed by atoms with E-state index in [-0.39, 0.29) is 31.1 Å². The number of hydrogen-bond acceptors (Lipinski definition) is 6. The van der Waals surface area contributed by atoms with Crippen molar-refractivity contribution in [3.8, 4) is 0 Å². The maximum Gasteiger partial charge on any atom is 0.306 e. The third-order valence-electron chi connectivity index (χ3n) is 11.9. The quantitative estimate of drug-likeness (QED) is 0.0346. The van der Waals surface area contributed by atoms with Gasteiger partial charge in [-0.05, 0) is 25.2 Å². The van der Waals surface area contributed by atoms with Crippen molar-refractivity contribution in [3.63, 3.8) is 0 Å². The number of esters is 3. The highest BCUT2D eigenvalue weighted by atomic mass is 16.6. The van der Waals surface area contributed by atoms with Crippen LogP contribution in [0, 0.1) is 5.92 Å². The van der Waals surface area contributed by atoms with Gasteiger partial charge in [0.25, 0.3) is 0 Å². The Kier molecular flexibility index (Phi) is 44.2. The van der Waals surface area contributed by atoms with E-state index in [9.17, 15) is 14.4 Å². The van der Waals surface area contributed by atoms with E-state index < -0.39 is 6.10 Å². The summed E-state index contributed by atoms with van der Waals surface area (Å²) in [5.41, 5.74) is 0. The van der Waals surface area contributed by atoms with Crippen LogP contribution in [0.15, 0.2) is 0 Å². The summed E-state index contributed by atoms with van der Waals surface area (Å²) in [5.74, 6) is -0.0394. The molecule has 0 saturated heterocycles. The van der Waals surface area contributed by atoms with Gasteiger partial charge < -0.3 is 14.2 Å². The van der Waals surface area contributed by atoms with Crippen molar-refractivity contribution in [1.82, 2.24) is 0 Å². The Hall–Kier alpha value is -1.59. The molecule has 57 heavy (non-hydrogen) atoms. The lowest BCUT2D eigenvalue weighted by Crippen LogP contribution is -2.30. The molecule has 0 aromatic carbocycles. The Morgan fingerprint density at radius 2 is 0.614 bits per heavy atom. The molecule has 0 aromatic heterocycles. The average Bonchev–Trinajstić information content (AvgIpc) is 3.21. The van der Waals surface area contributed by atoms with Gasteiger partial charge in [0.2, 0.25) is 0 Å². The summed E-state index contributed by atoms with van der Waals surface area (Å²) >= 11 is 0. The lowest BCUT2D eigenvalue weighted by atomic mass is 10.00. The van der Waals surface area contributed by atoms with Crippen molar-refractivity contribution in [2.24, 2.45) is 5.92 Å². The topological polar surface area (TPSA) is 78.9 Å². The van der Waals surface area contributed by atoms with E-state index in [4.69, 9.17) is 14.2 Å². The molecule has 0 spiro atoms. The molecule has 0 N–H and O–H groups in total. The van der Waals surface area contributed by atoms with Gasteiger partial charge in [-0.2, -0.15) is 0 Å². The van der Waals surface area contributed by atoms with Crippen LogP contribution in [-0.4, -0.2) is 37.2 Å². The number of carbonyl (C=O) groups is 3. The number of ether oxygens (including phenoxy) is 3. The molecule has 0 bridgehead atoms. The van der Waals surface area contributed by atoms with Gasteiger partial charge in [0.05, 0.1) is 0 Å². The largest absolute Gasteiger partial charge is 0.462 e. The predicted octanol–water partition coefficient (Wildman–Crippen LogP) is 16.3. The van der Waals surface area contributed by atoms with Crippen LogP contribution in [0.25, 0.3) is 0 Å². The first-order valence-electron chi connectivity index (χ1n) is 25.4.